The Balaban J connectivity index is 2.32. The summed E-state index contributed by atoms with van der Waals surface area (Å²) in [6, 6.07) is 4.94. The van der Waals surface area contributed by atoms with E-state index in [0.717, 1.165) is 6.42 Å². The average molecular weight is 275 g/mol. The van der Waals surface area contributed by atoms with Crippen LogP contribution in [0.25, 0.3) is 10.9 Å². The number of carbonyl (C=O) groups is 2. The predicted molar refractivity (Wildman–Crippen MR) is 76.5 cm³/mol. The smallest absolute Gasteiger partial charge is 0.319 e. The van der Waals surface area contributed by atoms with Crippen molar-refractivity contribution in [1.82, 2.24) is 15.5 Å². The zero-order valence-electron chi connectivity index (χ0n) is 11.4. The van der Waals surface area contributed by atoms with Gasteiger partial charge in [0.1, 0.15) is 0 Å². The van der Waals surface area contributed by atoms with Crippen LogP contribution in [0, 0.1) is 0 Å². The van der Waals surface area contributed by atoms with Gasteiger partial charge in [0.05, 0.1) is 16.6 Å². The number of nitrogens with zero attached hydrogens (tertiary/aromatic N) is 1. The third kappa shape index (κ3) is 2.71. The molecule has 3 amide bonds. The summed E-state index contributed by atoms with van der Waals surface area (Å²) in [5, 5.41) is 12.6. The fourth-order valence-corrected chi connectivity index (χ4v) is 1.84. The maximum Gasteiger partial charge on any atom is 0.319 e. The molecule has 1 aromatic heterocycles. The molecule has 7 heteroatoms. The lowest BCUT2D eigenvalue weighted by molar-refractivity contribution is 0.0997. The van der Waals surface area contributed by atoms with E-state index in [-0.39, 0.29) is 17.8 Å². The van der Waals surface area contributed by atoms with Gasteiger partial charge in [0.2, 0.25) is 0 Å². The van der Waals surface area contributed by atoms with Gasteiger partial charge in [0.25, 0.3) is 5.91 Å². The van der Waals surface area contributed by atoms with Crippen molar-refractivity contribution < 1.29 is 9.59 Å². The number of fused-ring (bicyclic) bond motifs is 1. The third-order valence-corrected chi connectivity index (χ3v) is 3.06. The molecule has 0 bridgehead atoms. The summed E-state index contributed by atoms with van der Waals surface area (Å²) in [7, 11) is 0. The number of hydrogen-bond acceptors (Lipinski definition) is 3. The highest BCUT2D eigenvalue weighted by atomic mass is 16.2. The van der Waals surface area contributed by atoms with Gasteiger partial charge < -0.3 is 16.4 Å². The van der Waals surface area contributed by atoms with Gasteiger partial charge in [0.15, 0.2) is 5.69 Å². The van der Waals surface area contributed by atoms with Crippen molar-refractivity contribution in [3.8, 4) is 0 Å². The van der Waals surface area contributed by atoms with Crippen LogP contribution in [0.1, 0.15) is 30.8 Å². The number of hydrogen-bond donors (Lipinski definition) is 4. The molecule has 1 heterocycles. The van der Waals surface area contributed by atoms with Gasteiger partial charge in [-0.1, -0.05) is 13.0 Å². The minimum atomic E-state index is -0.646. The second-order valence-electron chi connectivity index (χ2n) is 4.57. The lowest BCUT2D eigenvalue weighted by Crippen LogP contribution is -2.35. The first-order valence-electron chi connectivity index (χ1n) is 6.37. The van der Waals surface area contributed by atoms with E-state index in [1.807, 2.05) is 13.8 Å². The second kappa shape index (κ2) is 5.60. The molecule has 106 valence electrons. The van der Waals surface area contributed by atoms with E-state index in [2.05, 4.69) is 20.8 Å². The van der Waals surface area contributed by atoms with Crippen LogP contribution >= 0.6 is 0 Å². The Hall–Kier alpha value is -2.57. The highest BCUT2D eigenvalue weighted by molar-refractivity contribution is 6.11. The second-order valence-corrected chi connectivity index (χ2v) is 4.57. The quantitative estimate of drug-likeness (QED) is 0.679. The van der Waals surface area contributed by atoms with Crippen molar-refractivity contribution >= 4 is 28.5 Å². The van der Waals surface area contributed by atoms with E-state index < -0.39 is 5.91 Å². The van der Waals surface area contributed by atoms with Crippen LogP contribution < -0.4 is 16.4 Å². The number of benzene rings is 1. The Labute approximate surface area is 115 Å². The Morgan fingerprint density at radius 2 is 2.20 bits per heavy atom. The van der Waals surface area contributed by atoms with Crippen LogP contribution in [0.2, 0.25) is 0 Å². The number of carbonyl (C=O) groups excluding carboxylic acids is 2. The number of rotatable bonds is 4. The lowest BCUT2D eigenvalue weighted by atomic mass is 10.1. The molecule has 1 unspecified atom stereocenters. The van der Waals surface area contributed by atoms with Crippen molar-refractivity contribution in [2.75, 3.05) is 5.32 Å². The molecule has 0 fully saturated rings. The van der Waals surface area contributed by atoms with E-state index in [4.69, 9.17) is 5.73 Å². The summed E-state index contributed by atoms with van der Waals surface area (Å²) in [6.07, 6.45) is 0.829. The molecule has 0 saturated heterocycles. The first kappa shape index (κ1) is 13.9. The van der Waals surface area contributed by atoms with Crippen LogP contribution in [0.15, 0.2) is 18.2 Å². The number of primary amides is 1. The molecule has 0 radical (unpaired) electrons. The largest absolute Gasteiger partial charge is 0.364 e. The van der Waals surface area contributed by atoms with Crippen molar-refractivity contribution in [3.63, 3.8) is 0 Å². The molecule has 0 aliphatic heterocycles. The molecule has 1 atom stereocenters. The Morgan fingerprint density at radius 1 is 1.45 bits per heavy atom. The van der Waals surface area contributed by atoms with Crippen molar-refractivity contribution in [2.24, 2.45) is 5.73 Å². The number of nitrogens with two attached hydrogens (primary N) is 1. The standard InChI is InChI=1S/C13H17N5O2/c1-3-7(2)15-13(20)16-8-5-4-6-9-10(8)11(12(14)19)18-17-9/h4-7H,3H2,1-2H3,(H2,14,19)(H,17,18)(H2,15,16,20). The molecule has 0 aliphatic carbocycles. The highest BCUT2D eigenvalue weighted by Gasteiger charge is 2.16. The molecular weight excluding hydrogens is 258 g/mol. The summed E-state index contributed by atoms with van der Waals surface area (Å²) in [5.41, 5.74) is 6.52. The monoisotopic (exact) mass is 275 g/mol. The average Bonchev–Trinajstić information content (AvgIpc) is 2.83. The van der Waals surface area contributed by atoms with Crippen LogP contribution in [-0.4, -0.2) is 28.2 Å². The molecule has 7 nitrogen and oxygen atoms in total. The summed E-state index contributed by atoms with van der Waals surface area (Å²) >= 11 is 0. The summed E-state index contributed by atoms with van der Waals surface area (Å²) in [4.78, 5) is 23.2. The Kier molecular flexibility index (Phi) is 3.88. The highest BCUT2D eigenvalue weighted by Crippen LogP contribution is 2.24. The van der Waals surface area contributed by atoms with Crippen LogP contribution in [0.5, 0.6) is 0 Å². The van der Waals surface area contributed by atoms with Crippen LogP contribution in [0.3, 0.4) is 0 Å². The Morgan fingerprint density at radius 3 is 2.85 bits per heavy atom. The van der Waals surface area contributed by atoms with Crippen molar-refractivity contribution in [2.45, 2.75) is 26.3 Å². The third-order valence-electron chi connectivity index (χ3n) is 3.06. The number of H-pyrrole nitrogens is 1. The maximum absolute atomic E-state index is 11.9. The first-order valence-corrected chi connectivity index (χ1v) is 6.37. The Bertz CT molecular complexity index is 649. The van der Waals surface area contributed by atoms with Gasteiger partial charge in [-0.05, 0) is 25.5 Å². The number of aromatic nitrogens is 2. The number of urea groups is 1. The fourth-order valence-electron chi connectivity index (χ4n) is 1.84. The van der Waals surface area contributed by atoms with E-state index >= 15 is 0 Å². The topological polar surface area (TPSA) is 113 Å². The molecule has 0 spiro atoms. The van der Waals surface area contributed by atoms with E-state index in [1.54, 1.807) is 18.2 Å². The van der Waals surface area contributed by atoms with Crippen molar-refractivity contribution in [1.29, 1.82) is 0 Å². The van der Waals surface area contributed by atoms with Crippen molar-refractivity contribution in [3.05, 3.63) is 23.9 Å². The van der Waals surface area contributed by atoms with Gasteiger partial charge in [-0.25, -0.2) is 4.79 Å². The first-order chi connectivity index (χ1) is 9.52. The van der Waals surface area contributed by atoms with E-state index in [1.165, 1.54) is 0 Å². The predicted octanol–water partition coefficient (Wildman–Crippen LogP) is 1.58. The van der Waals surface area contributed by atoms with Crippen LogP contribution in [-0.2, 0) is 0 Å². The van der Waals surface area contributed by atoms with Gasteiger partial charge >= 0.3 is 6.03 Å². The van der Waals surface area contributed by atoms with Gasteiger partial charge in [-0.3, -0.25) is 9.89 Å². The lowest BCUT2D eigenvalue weighted by Gasteiger charge is -2.13. The minimum Gasteiger partial charge on any atom is -0.364 e. The zero-order chi connectivity index (χ0) is 14.7. The molecule has 2 rings (SSSR count). The summed E-state index contributed by atoms with van der Waals surface area (Å²) in [5.74, 6) is -0.646. The maximum atomic E-state index is 11.9. The van der Waals surface area contributed by atoms with Crippen LogP contribution in [0.4, 0.5) is 10.5 Å². The summed E-state index contributed by atoms with van der Waals surface area (Å²) < 4.78 is 0. The minimum absolute atomic E-state index is 0.0640. The molecule has 0 aliphatic rings. The SMILES string of the molecule is CCC(C)NC(=O)Nc1cccc2[nH]nc(C(N)=O)c12. The van der Waals surface area contributed by atoms with E-state index in [9.17, 15) is 9.59 Å². The molecular formula is C13H17N5O2. The molecule has 2 aromatic rings. The normalized spacial score (nSPS) is 12.1. The van der Waals surface area contributed by atoms with Gasteiger partial charge in [0, 0.05) is 6.04 Å². The molecule has 0 saturated carbocycles. The summed E-state index contributed by atoms with van der Waals surface area (Å²) in [6.45, 7) is 3.89. The number of anilines is 1. The fraction of sp³-hybridized carbons (Fsp3) is 0.308. The number of aromatic amines is 1. The van der Waals surface area contributed by atoms with Gasteiger partial charge in [-0.2, -0.15) is 5.10 Å². The van der Waals surface area contributed by atoms with E-state index in [0.29, 0.717) is 16.6 Å². The van der Waals surface area contributed by atoms with Gasteiger partial charge in [-0.15, -0.1) is 0 Å². The number of amides is 3. The zero-order valence-corrected chi connectivity index (χ0v) is 11.4. The molecule has 5 N–H and O–H groups in total. The molecule has 20 heavy (non-hydrogen) atoms. The molecule has 1 aromatic carbocycles. The number of nitrogens with one attached hydrogen (secondary N) is 3.